The number of carbonyl (C=O) groups is 2. The summed E-state index contributed by atoms with van der Waals surface area (Å²) < 4.78 is 52.3. The summed E-state index contributed by atoms with van der Waals surface area (Å²) in [5.41, 5.74) is 0.573. The van der Waals surface area contributed by atoms with E-state index in [0.717, 1.165) is 17.7 Å². The number of rotatable bonds is 10. The van der Waals surface area contributed by atoms with E-state index >= 15 is 0 Å². The molecule has 2 heterocycles. The van der Waals surface area contributed by atoms with Crippen molar-refractivity contribution in [3.05, 3.63) is 41.7 Å². The van der Waals surface area contributed by atoms with Crippen molar-refractivity contribution in [2.75, 3.05) is 23.8 Å². The molecule has 1 aromatic carbocycles. The molecule has 10 nitrogen and oxygen atoms in total. The van der Waals surface area contributed by atoms with Crippen LogP contribution in [0.25, 0.3) is 0 Å². The van der Waals surface area contributed by atoms with Gasteiger partial charge in [-0.1, -0.05) is 6.07 Å². The minimum atomic E-state index is -3.73. The number of nitrogens with one attached hydrogen (secondary N) is 2. The van der Waals surface area contributed by atoms with Crippen molar-refractivity contribution in [2.45, 2.75) is 32.2 Å². The van der Waals surface area contributed by atoms with Gasteiger partial charge in [-0.3, -0.25) is 15.0 Å². The molecule has 0 unspecified atom stereocenters. The van der Waals surface area contributed by atoms with Gasteiger partial charge in [0.2, 0.25) is 15.9 Å². The van der Waals surface area contributed by atoms with Gasteiger partial charge < -0.3 is 9.15 Å². The minimum absolute atomic E-state index is 0.0371. The van der Waals surface area contributed by atoms with Gasteiger partial charge in [0, 0.05) is 12.5 Å². The van der Waals surface area contributed by atoms with Gasteiger partial charge in [0.1, 0.15) is 12.8 Å². The molecule has 0 bridgehead atoms. The van der Waals surface area contributed by atoms with Gasteiger partial charge in [-0.2, -0.15) is 4.98 Å². The van der Waals surface area contributed by atoms with Crippen LogP contribution in [0.3, 0.4) is 0 Å². The van der Waals surface area contributed by atoms with Gasteiger partial charge in [-0.05, 0) is 43.4 Å². The molecular formula is C20H23FN4O6S. The number of carbonyl (C=O) groups excluding carboxylic acids is 2. The molecule has 12 heteroatoms. The number of halogens is 1. The van der Waals surface area contributed by atoms with Crippen LogP contribution in [-0.4, -0.2) is 44.2 Å². The smallest absolute Gasteiger partial charge is 0.330 e. The van der Waals surface area contributed by atoms with E-state index in [-0.39, 0.29) is 36.2 Å². The molecule has 3 amide bonds. The molecule has 2 fully saturated rings. The maximum absolute atomic E-state index is 14.0. The molecule has 2 aliphatic rings. The van der Waals surface area contributed by atoms with Gasteiger partial charge >= 0.3 is 6.03 Å². The Morgan fingerprint density at radius 1 is 1.38 bits per heavy atom. The summed E-state index contributed by atoms with van der Waals surface area (Å²) in [5, 5.41) is 2.12. The van der Waals surface area contributed by atoms with Crippen LogP contribution in [0.1, 0.15) is 37.3 Å². The van der Waals surface area contributed by atoms with Gasteiger partial charge in [0.15, 0.2) is 23.3 Å². The number of anilines is 1. The highest BCUT2D eigenvalue weighted by Gasteiger charge is 2.30. The number of aryl methyl sites for hydroxylation is 1. The van der Waals surface area contributed by atoms with Crippen LogP contribution in [0.4, 0.5) is 15.0 Å². The molecule has 1 atom stereocenters. The second kappa shape index (κ2) is 8.87. The number of sulfonamides is 1. The number of benzene rings is 1. The van der Waals surface area contributed by atoms with Crippen molar-refractivity contribution in [3.8, 4) is 5.75 Å². The van der Waals surface area contributed by atoms with Gasteiger partial charge in [0.25, 0.3) is 0 Å². The number of hydrogen-bond acceptors (Lipinski definition) is 7. The van der Waals surface area contributed by atoms with E-state index in [1.807, 2.05) is 0 Å². The lowest BCUT2D eigenvalue weighted by Crippen LogP contribution is -2.30. The maximum atomic E-state index is 14.0. The first kappa shape index (κ1) is 22.2. The van der Waals surface area contributed by atoms with E-state index in [9.17, 15) is 22.4 Å². The van der Waals surface area contributed by atoms with E-state index in [4.69, 9.17) is 9.15 Å². The minimum Gasteiger partial charge on any atom is -0.490 e. The topological polar surface area (TPSA) is 131 Å². The predicted molar refractivity (Wildman–Crippen MR) is 111 cm³/mol. The first-order valence-corrected chi connectivity index (χ1v) is 11.8. The average molecular weight is 466 g/mol. The lowest BCUT2D eigenvalue weighted by Gasteiger charge is -2.16. The number of amides is 3. The third-order valence-corrected chi connectivity index (χ3v) is 6.63. The molecule has 172 valence electrons. The van der Waals surface area contributed by atoms with Gasteiger partial charge in [-0.25, -0.2) is 22.3 Å². The Kier molecular flexibility index (Phi) is 6.15. The Bertz CT molecular complexity index is 1130. The number of aromatic nitrogens is 1. The third-order valence-electron chi connectivity index (χ3n) is 5.18. The second-order valence-electron chi connectivity index (χ2n) is 7.89. The largest absolute Gasteiger partial charge is 0.490 e. The molecule has 4 rings (SSSR count). The van der Waals surface area contributed by atoms with Crippen LogP contribution < -0.4 is 19.7 Å². The number of ether oxygens (including phenoxy) is 1. The van der Waals surface area contributed by atoms with E-state index in [0.29, 0.717) is 18.1 Å². The molecule has 1 aromatic heterocycles. The number of oxazole rings is 1. The lowest BCUT2D eigenvalue weighted by atomic mass is 10.1. The molecule has 0 spiro atoms. The van der Waals surface area contributed by atoms with Crippen LogP contribution in [0.15, 0.2) is 28.9 Å². The Hall–Kier alpha value is -2.99. The maximum Gasteiger partial charge on any atom is 0.330 e. The van der Waals surface area contributed by atoms with E-state index in [1.165, 1.54) is 24.5 Å². The third kappa shape index (κ3) is 5.43. The van der Waals surface area contributed by atoms with Crippen LogP contribution >= 0.6 is 0 Å². The summed E-state index contributed by atoms with van der Waals surface area (Å²) in [6.45, 7) is 1.93. The van der Waals surface area contributed by atoms with Crippen LogP contribution in [-0.2, 0) is 21.2 Å². The summed E-state index contributed by atoms with van der Waals surface area (Å²) in [4.78, 5) is 28.1. The van der Waals surface area contributed by atoms with E-state index in [1.54, 1.807) is 6.92 Å². The van der Waals surface area contributed by atoms with E-state index < -0.39 is 33.8 Å². The fraction of sp³-hybridized carbons (Fsp3) is 0.450. The van der Waals surface area contributed by atoms with Crippen molar-refractivity contribution >= 4 is 27.8 Å². The van der Waals surface area contributed by atoms with Crippen molar-refractivity contribution < 1.29 is 31.6 Å². The first-order chi connectivity index (χ1) is 15.2. The Balaban J connectivity index is 1.33. The van der Waals surface area contributed by atoms with Crippen molar-refractivity contribution in [2.24, 2.45) is 5.92 Å². The molecule has 1 aliphatic carbocycles. The summed E-state index contributed by atoms with van der Waals surface area (Å²) >= 11 is 0. The molecule has 2 aromatic rings. The average Bonchev–Trinajstić information content (AvgIpc) is 3.33. The quantitative estimate of drug-likeness (QED) is 0.511. The zero-order valence-electron chi connectivity index (χ0n) is 17.3. The highest BCUT2D eigenvalue weighted by atomic mass is 32.2. The fourth-order valence-corrected chi connectivity index (χ4v) is 4.41. The van der Waals surface area contributed by atoms with Crippen LogP contribution in [0, 0.1) is 11.7 Å². The van der Waals surface area contributed by atoms with Crippen molar-refractivity contribution in [1.82, 2.24) is 15.0 Å². The first-order valence-electron chi connectivity index (χ1n) is 10.2. The molecule has 1 saturated heterocycles. The zero-order valence-corrected chi connectivity index (χ0v) is 18.2. The van der Waals surface area contributed by atoms with Crippen LogP contribution in [0.2, 0.25) is 0 Å². The number of nitrogens with zero attached hydrogens (tertiary/aromatic N) is 2. The molecule has 2 N–H and O–H groups in total. The monoisotopic (exact) mass is 466 g/mol. The zero-order chi connectivity index (χ0) is 22.9. The normalized spacial score (nSPS) is 17.5. The highest BCUT2D eigenvalue weighted by molar-refractivity contribution is 7.89. The molecular weight excluding hydrogens is 443 g/mol. The fourth-order valence-electron chi connectivity index (χ4n) is 3.18. The molecule has 0 radical (unpaired) electrons. The summed E-state index contributed by atoms with van der Waals surface area (Å²) in [7, 11) is -3.73. The lowest BCUT2D eigenvalue weighted by molar-refractivity contribution is -0.117. The standard InChI is InChI=1S/C20H23FN4O6S/c1-12(14-4-5-15(21)16(8-14)30-10-13-2-3-13)24-32(28,29)7-6-19-22-17(11-31-19)25-9-18(26)23-20(25)27/h4-5,8,11-13,24H,2-3,6-7,9-10H2,1H3,(H,23,26,27)/t12-/m1/s1. The molecule has 32 heavy (non-hydrogen) atoms. The Morgan fingerprint density at radius 2 is 2.16 bits per heavy atom. The van der Waals surface area contributed by atoms with Gasteiger partial charge in [0.05, 0.1) is 12.4 Å². The Labute approximate surface area is 184 Å². The second-order valence-corrected chi connectivity index (χ2v) is 9.77. The van der Waals surface area contributed by atoms with Gasteiger partial charge in [-0.15, -0.1) is 0 Å². The molecule has 1 aliphatic heterocycles. The van der Waals surface area contributed by atoms with Crippen molar-refractivity contribution in [3.63, 3.8) is 0 Å². The van der Waals surface area contributed by atoms with Crippen molar-refractivity contribution in [1.29, 1.82) is 0 Å². The summed E-state index contributed by atoms with van der Waals surface area (Å²) in [5.74, 6) is -0.439. The number of hydrogen-bond donors (Lipinski definition) is 2. The summed E-state index contributed by atoms with van der Waals surface area (Å²) in [6.07, 6.45) is 3.31. The highest BCUT2D eigenvalue weighted by Crippen LogP contribution is 2.31. The summed E-state index contributed by atoms with van der Waals surface area (Å²) in [6, 6.07) is 3.06. The molecule has 1 saturated carbocycles. The Morgan fingerprint density at radius 3 is 2.84 bits per heavy atom. The number of urea groups is 1. The van der Waals surface area contributed by atoms with E-state index in [2.05, 4.69) is 15.0 Å². The number of imide groups is 1. The predicted octanol–water partition coefficient (Wildman–Crippen LogP) is 1.88. The SMILES string of the molecule is C[C@@H](NS(=O)(=O)CCc1nc(N2CC(=O)NC2=O)co1)c1ccc(F)c(OCC2CC2)c1. The van der Waals surface area contributed by atoms with Crippen LogP contribution in [0.5, 0.6) is 5.75 Å².